The molecule has 1 atom stereocenters. The van der Waals surface area contributed by atoms with Gasteiger partial charge in [0.15, 0.2) is 0 Å². The number of methoxy groups -OCH3 is 1. The van der Waals surface area contributed by atoms with Gasteiger partial charge in [0.2, 0.25) is 0 Å². The zero-order chi connectivity index (χ0) is 15.3. The fourth-order valence-corrected chi connectivity index (χ4v) is 1.77. The maximum Gasteiger partial charge on any atom is 0.306 e. The molecule has 8 heteroatoms. The van der Waals surface area contributed by atoms with Crippen LogP contribution in [-0.4, -0.2) is 42.5 Å². The van der Waals surface area contributed by atoms with Crippen molar-refractivity contribution in [3.63, 3.8) is 0 Å². The fourth-order valence-electron chi connectivity index (χ4n) is 1.77. The predicted octanol–water partition coefficient (Wildman–Crippen LogP) is 0.987. The molecule has 0 saturated carbocycles. The molecule has 0 aliphatic heterocycles. The van der Waals surface area contributed by atoms with E-state index in [1.54, 1.807) is 14.0 Å². The lowest BCUT2D eigenvalue weighted by atomic mass is 10.1. The van der Waals surface area contributed by atoms with E-state index in [0.29, 0.717) is 6.61 Å². The van der Waals surface area contributed by atoms with Gasteiger partial charge in [0.05, 0.1) is 17.6 Å². The third-order valence-electron chi connectivity index (χ3n) is 2.99. The first-order valence-corrected chi connectivity index (χ1v) is 5.94. The number of benzene rings is 1. The molecule has 1 unspecified atom stereocenters. The van der Waals surface area contributed by atoms with E-state index in [1.807, 2.05) is 0 Å². The molecular weight excluding hydrogens is 264 g/mol. The van der Waals surface area contributed by atoms with Crippen molar-refractivity contribution in [2.45, 2.75) is 13.0 Å². The Morgan fingerprint density at radius 3 is 2.75 bits per heavy atom. The van der Waals surface area contributed by atoms with E-state index < -0.39 is 10.8 Å². The summed E-state index contributed by atoms with van der Waals surface area (Å²) in [5.41, 5.74) is 1.97. The van der Waals surface area contributed by atoms with Crippen LogP contribution in [0.3, 0.4) is 0 Å². The van der Waals surface area contributed by atoms with Crippen LogP contribution in [0.4, 0.5) is 11.4 Å². The average molecular weight is 282 g/mol. The largest absolute Gasteiger partial charge is 0.383 e. The number of nitro benzene ring substituents is 1. The van der Waals surface area contributed by atoms with Crippen molar-refractivity contribution >= 4 is 17.3 Å². The Bertz CT molecular complexity index is 506. The van der Waals surface area contributed by atoms with Gasteiger partial charge in [0, 0.05) is 14.2 Å². The topological polar surface area (TPSA) is 111 Å². The highest BCUT2D eigenvalue weighted by Crippen LogP contribution is 2.28. The van der Waals surface area contributed by atoms with Crippen molar-refractivity contribution in [2.24, 2.45) is 5.84 Å². The first kappa shape index (κ1) is 15.9. The Labute approximate surface area is 116 Å². The fraction of sp³-hybridized carbons (Fsp3) is 0.417. The van der Waals surface area contributed by atoms with Crippen molar-refractivity contribution in [2.75, 3.05) is 26.2 Å². The number of nitrogens with two attached hydrogens (primary N) is 1. The predicted molar refractivity (Wildman–Crippen MR) is 74.3 cm³/mol. The van der Waals surface area contributed by atoms with E-state index in [4.69, 9.17) is 10.6 Å². The molecule has 0 saturated heterocycles. The van der Waals surface area contributed by atoms with Crippen LogP contribution in [0.25, 0.3) is 0 Å². The second kappa shape index (κ2) is 6.83. The number of carbonyl (C=O) groups excluding carboxylic acids is 1. The number of para-hydroxylation sites is 1. The number of nitro groups is 1. The van der Waals surface area contributed by atoms with Gasteiger partial charge in [0.1, 0.15) is 11.3 Å². The van der Waals surface area contributed by atoms with Gasteiger partial charge in [-0.3, -0.25) is 20.8 Å². The Balaban J connectivity index is 3.19. The summed E-state index contributed by atoms with van der Waals surface area (Å²) < 4.78 is 4.97. The highest BCUT2D eigenvalue weighted by atomic mass is 16.6. The molecule has 0 radical (unpaired) electrons. The summed E-state index contributed by atoms with van der Waals surface area (Å²) in [5.74, 6) is 4.78. The number of hydrogen-bond donors (Lipinski definition) is 2. The number of anilines is 1. The van der Waals surface area contributed by atoms with E-state index in [1.165, 1.54) is 30.2 Å². The minimum absolute atomic E-state index is 0.0177. The van der Waals surface area contributed by atoms with E-state index >= 15 is 0 Å². The van der Waals surface area contributed by atoms with Crippen LogP contribution in [0.2, 0.25) is 0 Å². The van der Waals surface area contributed by atoms with Crippen LogP contribution in [0.1, 0.15) is 17.3 Å². The Morgan fingerprint density at radius 2 is 2.25 bits per heavy atom. The number of nitrogens with one attached hydrogen (secondary N) is 1. The first-order valence-electron chi connectivity index (χ1n) is 5.94. The molecule has 8 nitrogen and oxygen atoms in total. The lowest BCUT2D eigenvalue weighted by molar-refractivity contribution is -0.384. The molecule has 110 valence electrons. The minimum Gasteiger partial charge on any atom is -0.383 e. The highest BCUT2D eigenvalue weighted by Gasteiger charge is 2.27. The molecule has 0 aliphatic carbocycles. The smallest absolute Gasteiger partial charge is 0.306 e. The summed E-state index contributed by atoms with van der Waals surface area (Å²) in [5, 5.41) is 11.1. The molecule has 20 heavy (non-hydrogen) atoms. The normalized spacial score (nSPS) is 11.8. The summed E-state index contributed by atoms with van der Waals surface area (Å²) >= 11 is 0. The third kappa shape index (κ3) is 3.22. The zero-order valence-corrected chi connectivity index (χ0v) is 11.6. The molecule has 3 N–H and O–H groups in total. The average Bonchev–Trinajstić information content (AvgIpc) is 2.44. The Hall–Kier alpha value is -2.19. The zero-order valence-electron chi connectivity index (χ0n) is 11.6. The summed E-state index contributed by atoms with van der Waals surface area (Å²) in [6.45, 7) is 2.13. The molecule has 0 heterocycles. The molecule has 0 fully saturated rings. The van der Waals surface area contributed by atoms with E-state index in [9.17, 15) is 14.9 Å². The minimum atomic E-state index is -0.628. The van der Waals surface area contributed by atoms with Crippen molar-refractivity contribution < 1.29 is 14.5 Å². The quantitative estimate of drug-likeness (QED) is 0.457. The molecule has 0 aromatic heterocycles. The summed E-state index contributed by atoms with van der Waals surface area (Å²) in [7, 11) is 3.09. The summed E-state index contributed by atoms with van der Waals surface area (Å²) in [6.07, 6.45) is 0. The van der Waals surface area contributed by atoms with Gasteiger partial charge in [-0.2, -0.15) is 0 Å². The number of nitrogens with zero attached hydrogens (tertiary/aromatic N) is 2. The van der Waals surface area contributed by atoms with Gasteiger partial charge in [-0.05, 0) is 19.1 Å². The van der Waals surface area contributed by atoms with Crippen LogP contribution < -0.4 is 11.3 Å². The summed E-state index contributed by atoms with van der Waals surface area (Å²) in [6, 6.07) is 4.16. The van der Waals surface area contributed by atoms with E-state index in [-0.39, 0.29) is 23.0 Å². The molecule has 1 aromatic carbocycles. The van der Waals surface area contributed by atoms with E-state index in [0.717, 1.165) is 0 Å². The highest BCUT2D eigenvalue weighted by molar-refractivity contribution is 6.00. The molecule has 0 spiro atoms. The lowest BCUT2D eigenvalue weighted by Crippen LogP contribution is -2.38. The van der Waals surface area contributed by atoms with Gasteiger partial charge in [-0.15, -0.1) is 0 Å². The second-order valence-electron chi connectivity index (χ2n) is 4.32. The SMILES string of the molecule is COCC(C)N(C)C(=O)c1cccc(NN)c1[N+](=O)[O-]. The number of carbonyl (C=O) groups is 1. The van der Waals surface area contributed by atoms with Crippen molar-refractivity contribution in [1.29, 1.82) is 0 Å². The number of hydrazine groups is 1. The molecular formula is C12H18N4O4. The van der Waals surface area contributed by atoms with Crippen LogP contribution in [0, 0.1) is 10.1 Å². The standard InChI is InChI=1S/C12H18N4O4/c1-8(7-20-3)15(2)12(17)9-5-4-6-10(14-13)11(9)16(18)19/h4-6,8,14H,7,13H2,1-3H3. The number of nitrogen functional groups attached to an aromatic ring is 1. The van der Waals surface area contributed by atoms with Crippen molar-refractivity contribution in [3.8, 4) is 0 Å². The maximum absolute atomic E-state index is 12.4. The molecule has 1 aromatic rings. The van der Waals surface area contributed by atoms with Gasteiger partial charge in [0.25, 0.3) is 5.91 Å². The van der Waals surface area contributed by atoms with Crippen LogP contribution >= 0.6 is 0 Å². The first-order chi connectivity index (χ1) is 9.43. The number of rotatable bonds is 6. The van der Waals surface area contributed by atoms with Gasteiger partial charge < -0.3 is 15.1 Å². The van der Waals surface area contributed by atoms with E-state index in [2.05, 4.69) is 5.43 Å². The molecule has 0 bridgehead atoms. The van der Waals surface area contributed by atoms with Crippen molar-refractivity contribution in [3.05, 3.63) is 33.9 Å². The van der Waals surface area contributed by atoms with Crippen LogP contribution in [0.5, 0.6) is 0 Å². The number of ether oxygens (including phenoxy) is 1. The number of likely N-dealkylation sites (N-methyl/N-ethyl adjacent to an activating group) is 1. The number of amides is 1. The monoisotopic (exact) mass is 282 g/mol. The Morgan fingerprint density at radius 1 is 1.60 bits per heavy atom. The van der Waals surface area contributed by atoms with Gasteiger partial charge in [-0.25, -0.2) is 0 Å². The van der Waals surface area contributed by atoms with Gasteiger partial charge in [-0.1, -0.05) is 6.07 Å². The molecule has 1 rings (SSSR count). The van der Waals surface area contributed by atoms with Crippen molar-refractivity contribution in [1.82, 2.24) is 4.90 Å². The molecule has 1 amide bonds. The maximum atomic E-state index is 12.4. The molecule has 0 aliphatic rings. The second-order valence-corrected chi connectivity index (χ2v) is 4.32. The van der Waals surface area contributed by atoms with Crippen LogP contribution in [-0.2, 0) is 4.74 Å². The van der Waals surface area contributed by atoms with Gasteiger partial charge >= 0.3 is 5.69 Å². The third-order valence-corrected chi connectivity index (χ3v) is 2.99. The Kier molecular flexibility index (Phi) is 5.42. The lowest BCUT2D eigenvalue weighted by Gasteiger charge is -2.24. The number of hydrogen-bond acceptors (Lipinski definition) is 6. The van der Waals surface area contributed by atoms with Crippen LogP contribution in [0.15, 0.2) is 18.2 Å². The summed E-state index contributed by atoms with van der Waals surface area (Å²) in [4.78, 5) is 24.3.